The van der Waals surface area contributed by atoms with E-state index in [4.69, 9.17) is 4.52 Å². The smallest absolute Gasteiger partial charge is 0.253 e. The molecule has 1 aliphatic heterocycles. The van der Waals surface area contributed by atoms with Gasteiger partial charge in [0.05, 0.1) is 17.7 Å². The van der Waals surface area contributed by atoms with Gasteiger partial charge in [-0.25, -0.2) is 4.98 Å². The first-order chi connectivity index (χ1) is 12.0. The van der Waals surface area contributed by atoms with Gasteiger partial charge in [0.15, 0.2) is 0 Å². The van der Waals surface area contributed by atoms with Crippen LogP contribution in [0.15, 0.2) is 27.8 Å². The van der Waals surface area contributed by atoms with Crippen LogP contribution in [0.5, 0.6) is 0 Å². The molecule has 0 radical (unpaired) electrons. The van der Waals surface area contributed by atoms with Crippen LogP contribution in [0.1, 0.15) is 49.8 Å². The third-order valence-electron chi connectivity index (χ3n) is 5.01. The van der Waals surface area contributed by atoms with E-state index < -0.39 is 0 Å². The predicted octanol–water partition coefficient (Wildman–Crippen LogP) is 2.62. The van der Waals surface area contributed by atoms with Gasteiger partial charge < -0.3 is 9.42 Å². The quantitative estimate of drug-likeness (QED) is 0.806. The van der Waals surface area contributed by atoms with Gasteiger partial charge in [0.2, 0.25) is 0 Å². The molecule has 0 amide bonds. The molecule has 3 heterocycles. The highest BCUT2D eigenvalue weighted by atomic mass is 16.5. The molecule has 2 aromatic heterocycles. The summed E-state index contributed by atoms with van der Waals surface area (Å²) in [6.45, 7) is 9.99. The Morgan fingerprint density at radius 2 is 2.04 bits per heavy atom. The zero-order valence-corrected chi connectivity index (χ0v) is 15.4. The fraction of sp³-hybridized carbons (Fsp3) is 0.632. The number of aryl methyl sites for hydroxylation is 1. The molecule has 1 aliphatic rings. The lowest BCUT2D eigenvalue weighted by molar-refractivity contribution is 0.171. The normalized spacial score (nSPS) is 16.6. The van der Waals surface area contributed by atoms with Crippen LogP contribution in [0.4, 0.5) is 0 Å². The van der Waals surface area contributed by atoms with Crippen molar-refractivity contribution in [2.75, 3.05) is 19.6 Å². The third-order valence-corrected chi connectivity index (χ3v) is 5.01. The van der Waals surface area contributed by atoms with Crippen LogP contribution >= 0.6 is 0 Å². The first-order valence-electron chi connectivity index (χ1n) is 9.22. The van der Waals surface area contributed by atoms with E-state index in [0.29, 0.717) is 11.8 Å². The first-order valence-corrected chi connectivity index (χ1v) is 9.22. The Morgan fingerprint density at radius 3 is 2.64 bits per heavy atom. The van der Waals surface area contributed by atoms with E-state index in [1.165, 1.54) is 0 Å². The van der Waals surface area contributed by atoms with Crippen molar-refractivity contribution in [2.45, 2.75) is 52.5 Å². The number of piperidine rings is 1. The maximum Gasteiger partial charge on any atom is 0.253 e. The van der Waals surface area contributed by atoms with E-state index in [1.54, 1.807) is 17.0 Å². The molecule has 1 fully saturated rings. The van der Waals surface area contributed by atoms with Gasteiger partial charge in [-0.3, -0.25) is 9.36 Å². The molecule has 6 heteroatoms. The largest absolute Gasteiger partial charge is 0.361 e. The molecule has 0 unspecified atom stereocenters. The van der Waals surface area contributed by atoms with Crippen molar-refractivity contribution in [1.82, 2.24) is 19.6 Å². The molecule has 0 atom stereocenters. The Labute approximate surface area is 148 Å². The third kappa shape index (κ3) is 4.78. The van der Waals surface area contributed by atoms with Crippen molar-refractivity contribution >= 4 is 0 Å². The molecule has 3 rings (SSSR count). The van der Waals surface area contributed by atoms with Gasteiger partial charge in [-0.05, 0) is 44.7 Å². The molecule has 2 aromatic rings. The van der Waals surface area contributed by atoms with Gasteiger partial charge in [0.1, 0.15) is 5.76 Å². The molecule has 0 bridgehead atoms. The average molecular weight is 344 g/mol. The van der Waals surface area contributed by atoms with Crippen LogP contribution in [0, 0.1) is 12.8 Å². The van der Waals surface area contributed by atoms with Crippen LogP contribution in [0.25, 0.3) is 0 Å². The van der Waals surface area contributed by atoms with Gasteiger partial charge in [-0.15, -0.1) is 0 Å². The molecule has 0 aliphatic carbocycles. The summed E-state index contributed by atoms with van der Waals surface area (Å²) in [6.07, 6.45) is 4.86. The summed E-state index contributed by atoms with van der Waals surface area (Å²) < 4.78 is 7.04. The molecular formula is C19H28N4O2. The summed E-state index contributed by atoms with van der Waals surface area (Å²) in [5.74, 6) is 1.80. The van der Waals surface area contributed by atoms with Gasteiger partial charge >= 0.3 is 0 Å². The number of nitrogens with zero attached hydrogens (tertiary/aromatic N) is 4. The van der Waals surface area contributed by atoms with Crippen LogP contribution < -0.4 is 5.56 Å². The molecule has 0 aromatic carbocycles. The van der Waals surface area contributed by atoms with Gasteiger partial charge in [0.25, 0.3) is 5.56 Å². The summed E-state index contributed by atoms with van der Waals surface area (Å²) in [4.78, 5) is 19.1. The van der Waals surface area contributed by atoms with Crippen molar-refractivity contribution in [3.8, 4) is 0 Å². The van der Waals surface area contributed by atoms with Crippen LogP contribution in [0.2, 0.25) is 0 Å². The monoisotopic (exact) mass is 344 g/mol. The Hall–Kier alpha value is -1.95. The van der Waals surface area contributed by atoms with Gasteiger partial charge in [0, 0.05) is 31.6 Å². The van der Waals surface area contributed by atoms with E-state index >= 15 is 0 Å². The summed E-state index contributed by atoms with van der Waals surface area (Å²) in [5, 5.41) is 3.93. The van der Waals surface area contributed by atoms with E-state index in [2.05, 4.69) is 28.9 Å². The minimum absolute atomic E-state index is 0.0711. The molecule has 0 saturated carbocycles. The Bertz CT molecular complexity index is 742. The SMILES string of the molecule is Cc1cc(CCN2CCC(Cn3cnc(C(C)C)cc3=O)CC2)on1. The number of rotatable bonds is 6. The fourth-order valence-electron chi connectivity index (χ4n) is 3.37. The molecule has 1 saturated heterocycles. The molecular weight excluding hydrogens is 316 g/mol. The fourth-order valence-corrected chi connectivity index (χ4v) is 3.37. The van der Waals surface area contributed by atoms with Gasteiger partial charge in [-0.1, -0.05) is 19.0 Å². The molecule has 0 spiro atoms. The van der Waals surface area contributed by atoms with E-state index in [0.717, 1.165) is 62.6 Å². The Kier molecular flexibility index (Phi) is 5.68. The first kappa shape index (κ1) is 17.9. The highest BCUT2D eigenvalue weighted by molar-refractivity contribution is 5.04. The minimum Gasteiger partial charge on any atom is -0.361 e. The lowest BCUT2D eigenvalue weighted by Gasteiger charge is -2.31. The van der Waals surface area contributed by atoms with Crippen molar-refractivity contribution in [3.63, 3.8) is 0 Å². The molecule has 0 N–H and O–H groups in total. The maximum atomic E-state index is 12.2. The second-order valence-corrected chi connectivity index (χ2v) is 7.43. The van der Waals surface area contributed by atoms with Crippen LogP contribution in [-0.4, -0.2) is 39.2 Å². The maximum absolute atomic E-state index is 12.2. The van der Waals surface area contributed by atoms with E-state index in [-0.39, 0.29) is 5.56 Å². The predicted molar refractivity (Wildman–Crippen MR) is 96.7 cm³/mol. The minimum atomic E-state index is 0.0711. The van der Waals surface area contributed by atoms with Crippen LogP contribution in [-0.2, 0) is 13.0 Å². The highest BCUT2D eigenvalue weighted by Crippen LogP contribution is 2.19. The number of hydrogen-bond acceptors (Lipinski definition) is 5. The van der Waals surface area contributed by atoms with Crippen molar-refractivity contribution in [1.29, 1.82) is 0 Å². The molecule has 136 valence electrons. The summed E-state index contributed by atoms with van der Waals surface area (Å²) in [7, 11) is 0. The Morgan fingerprint density at radius 1 is 1.28 bits per heavy atom. The standard InChI is InChI=1S/C19H28N4O2/c1-14(2)18-11-19(24)23(13-20-18)12-16-4-7-22(8-5-16)9-6-17-10-15(3)21-25-17/h10-11,13-14,16H,4-9,12H2,1-3H3. The summed E-state index contributed by atoms with van der Waals surface area (Å²) >= 11 is 0. The Balaban J connectivity index is 1.47. The topological polar surface area (TPSA) is 64.2 Å². The molecule has 25 heavy (non-hydrogen) atoms. The lowest BCUT2D eigenvalue weighted by atomic mass is 9.96. The van der Waals surface area contributed by atoms with Gasteiger partial charge in [-0.2, -0.15) is 0 Å². The van der Waals surface area contributed by atoms with E-state index in [9.17, 15) is 4.79 Å². The number of likely N-dealkylation sites (tertiary alicyclic amines) is 1. The number of aromatic nitrogens is 3. The number of hydrogen-bond donors (Lipinski definition) is 0. The summed E-state index contributed by atoms with van der Waals surface area (Å²) in [6, 6.07) is 3.69. The second-order valence-electron chi connectivity index (χ2n) is 7.43. The zero-order chi connectivity index (χ0) is 17.8. The zero-order valence-electron chi connectivity index (χ0n) is 15.4. The van der Waals surface area contributed by atoms with Crippen molar-refractivity contribution in [3.05, 3.63) is 46.0 Å². The second kappa shape index (κ2) is 7.95. The molecule has 6 nitrogen and oxygen atoms in total. The van der Waals surface area contributed by atoms with E-state index in [1.807, 2.05) is 13.0 Å². The van der Waals surface area contributed by atoms with Crippen molar-refractivity contribution < 1.29 is 4.52 Å². The van der Waals surface area contributed by atoms with Crippen molar-refractivity contribution in [2.24, 2.45) is 5.92 Å². The average Bonchev–Trinajstić information content (AvgIpc) is 3.01. The highest BCUT2D eigenvalue weighted by Gasteiger charge is 2.20. The van der Waals surface area contributed by atoms with Crippen LogP contribution in [0.3, 0.4) is 0 Å². The summed E-state index contributed by atoms with van der Waals surface area (Å²) in [5.41, 5.74) is 1.89. The lowest BCUT2D eigenvalue weighted by Crippen LogP contribution is -2.37.